The maximum absolute atomic E-state index is 12.6. The molecule has 0 aliphatic carbocycles. The Morgan fingerprint density at radius 1 is 1.04 bits per heavy atom. The Morgan fingerprint density at radius 3 is 2.32 bits per heavy atom. The Morgan fingerprint density at radius 2 is 1.68 bits per heavy atom. The van der Waals surface area contributed by atoms with Gasteiger partial charge in [-0.1, -0.05) is 11.6 Å². The van der Waals surface area contributed by atoms with Gasteiger partial charge in [-0.25, -0.2) is 9.69 Å². The summed E-state index contributed by atoms with van der Waals surface area (Å²) in [6.07, 6.45) is 1.25. The number of hydrogen-bond acceptors (Lipinski definition) is 4. The third kappa shape index (κ3) is 3.88. The second kappa shape index (κ2) is 7.32. The molecule has 1 aliphatic heterocycles. The first-order valence-corrected chi connectivity index (χ1v) is 8.65. The first kappa shape index (κ1) is 17.6. The summed E-state index contributed by atoms with van der Waals surface area (Å²) in [5, 5.41) is 2.64. The van der Waals surface area contributed by atoms with Crippen LogP contribution < -0.4 is 10.2 Å². The van der Waals surface area contributed by atoms with Crippen molar-refractivity contribution in [1.82, 2.24) is 5.32 Å². The molecule has 4 amide bonds. The van der Waals surface area contributed by atoms with E-state index < -0.39 is 23.8 Å². The number of halogens is 2. The van der Waals surface area contributed by atoms with Crippen LogP contribution in [0, 0.1) is 9.49 Å². The Kier molecular flexibility index (Phi) is 5.14. The van der Waals surface area contributed by atoms with E-state index in [1.165, 1.54) is 18.3 Å². The molecule has 1 unspecified atom stereocenters. The average molecular weight is 468 g/mol. The standard InChI is InChI=1S/C17H11ClIN3O3/c18-10-1-7-13(8-2-10)22-16(24)14(15(23)21-17(22)25)9-20-12-5-3-11(19)4-6-12/h1-9,14H,(H,21,23,25). The minimum absolute atomic E-state index is 0.326. The number of aliphatic imine (C=N–C) groups is 1. The Balaban J connectivity index is 1.87. The topological polar surface area (TPSA) is 78.8 Å². The third-order valence-corrected chi connectivity index (χ3v) is 4.46. The van der Waals surface area contributed by atoms with Crippen molar-refractivity contribution in [3.63, 3.8) is 0 Å². The van der Waals surface area contributed by atoms with Crippen LogP contribution >= 0.6 is 34.2 Å². The van der Waals surface area contributed by atoms with Crippen molar-refractivity contribution in [1.29, 1.82) is 0 Å². The van der Waals surface area contributed by atoms with Crippen LogP contribution in [-0.2, 0) is 9.59 Å². The summed E-state index contributed by atoms with van der Waals surface area (Å²) in [6.45, 7) is 0. The minimum Gasteiger partial charge on any atom is -0.276 e. The molecule has 1 fully saturated rings. The molecule has 2 aromatic carbocycles. The molecule has 0 spiro atoms. The van der Waals surface area contributed by atoms with Crippen molar-refractivity contribution >= 4 is 69.6 Å². The molecule has 3 rings (SSSR count). The van der Waals surface area contributed by atoms with Crippen molar-refractivity contribution in [3.05, 3.63) is 57.1 Å². The summed E-state index contributed by atoms with van der Waals surface area (Å²) in [7, 11) is 0. The smallest absolute Gasteiger partial charge is 0.276 e. The van der Waals surface area contributed by atoms with E-state index in [0.717, 1.165) is 8.47 Å². The number of carbonyl (C=O) groups excluding carboxylic acids is 3. The van der Waals surface area contributed by atoms with E-state index in [0.29, 0.717) is 16.4 Å². The van der Waals surface area contributed by atoms with Gasteiger partial charge in [0.05, 0.1) is 11.4 Å². The highest BCUT2D eigenvalue weighted by Gasteiger charge is 2.40. The number of amides is 4. The molecule has 25 heavy (non-hydrogen) atoms. The molecule has 8 heteroatoms. The molecular formula is C17H11ClIN3O3. The lowest BCUT2D eigenvalue weighted by Crippen LogP contribution is -2.58. The first-order valence-electron chi connectivity index (χ1n) is 7.20. The van der Waals surface area contributed by atoms with Gasteiger partial charge >= 0.3 is 6.03 Å². The molecule has 126 valence electrons. The molecular weight excluding hydrogens is 457 g/mol. The highest BCUT2D eigenvalue weighted by atomic mass is 127. The maximum Gasteiger partial charge on any atom is 0.335 e. The van der Waals surface area contributed by atoms with Crippen molar-refractivity contribution < 1.29 is 14.4 Å². The van der Waals surface area contributed by atoms with Crippen molar-refractivity contribution in [2.45, 2.75) is 0 Å². The average Bonchev–Trinajstić information content (AvgIpc) is 2.57. The molecule has 0 saturated carbocycles. The number of imide groups is 2. The van der Waals surface area contributed by atoms with E-state index in [9.17, 15) is 14.4 Å². The molecule has 1 heterocycles. The van der Waals surface area contributed by atoms with Crippen LogP contribution in [0.2, 0.25) is 5.02 Å². The monoisotopic (exact) mass is 467 g/mol. The number of urea groups is 1. The largest absolute Gasteiger partial charge is 0.335 e. The summed E-state index contributed by atoms with van der Waals surface area (Å²) in [5.41, 5.74) is 0.933. The molecule has 6 nitrogen and oxygen atoms in total. The summed E-state index contributed by atoms with van der Waals surface area (Å²) in [6, 6.07) is 12.6. The molecule has 1 N–H and O–H groups in total. The molecule has 0 bridgehead atoms. The zero-order valence-corrected chi connectivity index (χ0v) is 15.6. The van der Waals surface area contributed by atoms with E-state index in [2.05, 4.69) is 32.9 Å². The van der Waals surface area contributed by atoms with Crippen LogP contribution in [0.1, 0.15) is 0 Å². The van der Waals surface area contributed by atoms with E-state index >= 15 is 0 Å². The zero-order valence-electron chi connectivity index (χ0n) is 12.6. The number of nitrogens with zero attached hydrogens (tertiary/aromatic N) is 2. The fourth-order valence-corrected chi connectivity index (χ4v) is 2.73. The van der Waals surface area contributed by atoms with Gasteiger partial charge in [0, 0.05) is 14.8 Å². The Labute approximate surface area is 162 Å². The van der Waals surface area contributed by atoms with Crippen LogP contribution in [0.5, 0.6) is 0 Å². The zero-order chi connectivity index (χ0) is 18.0. The van der Waals surface area contributed by atoms with Crippen molar-refractivity contribution in [3.8, 4) is 0 Å². The van der Waals surface area contributed by atoms with Gasteiger partial charge in [-0.2, -0.15) is 0 Å². The van der Waals surface area contributed by atoms with Gasteiger partial charge in [0.15, 0.2) is 5.92 Å². The lowest BCUT2D eigenvalue weighted by atomic mass is 10.1. The lowest BCUT2D eigenvalue weighted by Gasteiger charge is -2.28. The minimum atomic E-state index is -1.19. The number of rotatable bonds is 3. The molecule has 1 aliphatic rings. The lowest BCUT2D eigenvalue weighted by molar-refractivity contribution is -0.131. The van der Waals surface area contributed by atoms with Crippen LogP contribution in [0.3, 0.4) is 0 Å². The molecule has 0 aromatic heterocycles. The van der Waals surface area contributed by atoms with Crippen molar-refractivity contribution in [2.75, 3.05) is 4.90 Å². The summed E-state index contributed by atoms with van der Waals surface area (Å²) in [4.78, 5) is 41.8. The molecule has 1 atom stereocenters. The van der Waals surface area contributed by atoms with E-state index in [1.54, 1.807) is 24.3 Å². The number of anilines is 1. The molecule has 1 saturated heterocycles. The van der Waals surface area contributed by atoms with Gasteiger partial charge in [-0.05, 0) is 71.1 Å². The third-order valence-electron chi connectivity index (χ3n) is 3.49. The number of barbiturate groups is 1. The van der Waals surface area contributed by atoms with Crippen LogP contribution in [0.4, 0.5) is 16.2 Å². The van der Waals surface area contributed by atoms with Crippen LogP contribution in [0.15, 0.2) is 53.5 Å². The summed E-state index contributed by atoms with van der Waals surface area (Å²) < 4.78 is 1.04. The maximum atomic E-state index is 12.6. The predicted octanol–water partition coefficient (Wildman–Crippen LogP) is 3.55. The fraction of sp³-hybridized carbons (Fsp3) is 0.0588. The van der Waals surface area contributed by atoms with Gasteiger partial charge in [-0.15, -0.1) is 0 Å². The number of hydrogen-bond donors (Lipinski definition) is 1. The normalized spacial score (nSPS) is 17.9. The van der Waals surface area contributed by atoms with Crippen LogP contribution in [0.25, 0.3) is 0 Å². The van der Waals surface area contributed by atoms with Gasteiger partial charge in [0.1, 0.15) is 0 Å². The molecule has 2 aromatic rings. The second-order valence-corrected chi connectivity index (χ2v) is 6.86. The predicted molar refractivity (Wildman–Crippen MR) is 103 cm³/mol. The number of benzene rings is 2. The SMILES string of the molecule is O=C1NC(=O)N(c2ccc(Cl)cc2)C(=O)C1C=Nc1ccc(I)cc1. The number of carbonyl (C=O) groups is 3. The van der Waals surface area contributed by atoms with Crippen molar-refractivity contribution in [2.24, 2.45) is 10.9 Å². The van der Waals surface area contributed by atoms with Gasteiger partial charge in [0.25, 0.3) is 5.91 Å². The quantitative estimate of drug-likeness (QED) is 0.426. The van der Waals surface area contributed by atoms with E-state index in [1.807, 2.05) is 12.1 Å². The Bertz CT molecular complexity index is 866. The Hall–Kier alpha value is -2.26. The molecule has 0 radical (unpaired) electrons. The fourth-order valence-electron chi connectivity index (χ4n) is 2.24. The number of nitrogens with one attached hydrogen (secondary N) is 1. The van der Waals surface area contributed by atoms with Gasteiger partial charge in [0.2, 0.25) is 5.91 Å². The van der Waals surface area contributed by atoms with Gasteiger partial charge < -0.3 is 0 Å². The van der Waals surface area contributed by atoms with E-state index in [-0.39, 0.29) is 0 Å². The van der Waals surface area contributed by atoms with E-state index in [4.69, 9.17) is 11.6 Å². The highest BCUT2D eigenvalue weighted by Crippen LogP contribution is 2.23. The van der Waals surface area contributed by atoms with Crippen LogP contribution in [-0.4, -0.2) is 24.1 Å². The van der Waals surface area contributed by atoms with Gasteiger partial charge in [-0.3, -0.25) is 19.9 Å². The second-order valence-electron chi connectivity index (χ2n) is 5.18. The summed E-state index contributed by atoms with van der Waals surface area (Å²) in [5.74, 6) is -2.55. The first-order chi connectivity index (χ1) is 12.0. The summed E-state index contributed by atoms with van der Waals surface area (Å²) >= 11 is 7.99. The highest BCUT2D eigenvalue weighted by molar-refractivity contribution is 14.1.